The van der Waals surface area contributed by atoms with Gasteiger partial charge in [0.15, 0.2) is 0 Å². The number of pyridine rings is 1. The minimum absolute atomic E-state index is 0.120. The summed E-state index contributed by atoms with van der Waals surface area (Å²) < 4.78 is 20.1. The van der Waals surface area contributed by atoms with Crippen molar-refractivity contribution in [3.05, 3.63) is 70.9 Å². The van der Waals surface area contributed by atoms with Gasteiger partial charge in [-0.25, -0.2) is 14.1 Å². The number of hydrogen-bond donors (Lipinski definition) is 1. The van der Waals surface area contributed by atoms with Crippen LogP contribution in [-0.2, 0) is 17.8 Å². The van der Waals surface area contributed by atoms with Crippen LogP contribution in [0.2, 0.25) is 0 Å². The fourth-order valence-electron chi connectivity index (χ4n) is 2.92. The average Bonchev–Trinajstić information content (AvgIpc) is 2.95. The zero-order valence-corrected chi connectivity index (χ0v) is 15.5. The van der Waals surface area contributed by atoms with Crippen molar-refractivity contribution in [2.45, 2.75) is 26.8 Å². The molecule has 0 fully saturated rings. The molecular weight excluding hydrogens is 347 g/mol. The summed E-state index contributed by atoms with van der Waals surface area (Å²) in [6.45, 7) is 4.09. The first kappa shape index (κ1) is 18.6. The highest BCUT2D eigenvalue weighted by atomic mass is 19.1. The lowest BCUT2D eigenvalue weighted by atomic mass is 10.1. The molecule has 7 heteroatoms. The highest BCUT2D eigenvalue weighted by molar-refractivity contribution is 5.79. The molecule has 2 aromatic heterocycles. The van der Waals surface area contributed by atoms with Gasteiger partial charge in [-0.3, -0.25) is 4.79 Å². The van der Waals surface area contributed by atoms with E-state index in [1.807, 2.05) is 19.9 Å². The summed E-state index contributed by atoms with van der Waals surface area (Å²) in [5.41, 5.74) is 4.04. The van der Waals surface area contributed by atoms with Gasteiger partial charge in [-0.2, -0.15) is 5.10 Å². The van der Waals surface area contributed by atoms with Crippen molar-refractivity contribution in [1.29, 1.82) is 0 Å². The smallest absolute Gasteiger partial charge is 0.224 e. The lowest BCUT2D eigenvalue weighted by Crippen LogP contribution is -2.25. The van der Waals surface area contributed by atoms with E-state index in [0.717, 1.165) is 28.2 Å². The van der Waals surface area contributed by atoms with E-state index < -0.39 is 0 Å². The van der Waals surface area contributed by atoms with E-state index in [-0.39, 0.29) is 18.1 Å². The Morgan fingerprint density at radius 1 is 1.22 bits per heavy atom. The zero-order valence-electron chi connectivity index (χ0n) is 15.5. The molecule has 1 aromatic carbocycles. The van der Waals surface area contributed by atoms with Crippen molar-refractivity contribution in [2.75, 3.05) is 7.11 Å². The number of nitrogens with zero attached hydrogens (tertiary/aromatic N) is 3. The molecule has 3 rings (SSSR count). The number of halogens is 1. The molecule has 1 N–H and O–H groups in total. The van der Waals surface area contributed by atoms with Crippen LogP contribution in [0.3, 0.4) is 0 Å². The molecular formula is C20H21FN4O2. The molecule has 0 aliphatic carbocycles. The van der Waals surface area contributed by atoms with Crippen LogP contribution in [0.1, 0.15) is 22.5 Å². The molecule has 0 atom stereocenters. The number of amides is 1. The van der Waals surface area contributed by atoms with E-state index in [0.29, 0.717) is 12.4 Å². The van der Waals surface area contributed by atoms with Gasteiger partial charge in [0, 0.05) is 29.6 Å². The normalized spacial score (nSPS) is 10.7. The van der Waals surface area contributed by atoms with E-state index in [9.17, 15) is 9.18 Å². The van der Waals surface area contributed by atoms with Crippen LogP contribution in [0.5, 0.6) is 5.88 Å². The van der Waals surface area contributed by atoms with Crippen LogP contribution in [0.4, 0.5) is 4.39 Å². The minimum atomic E-state index is -0.300. The molecule has 1 amide bonds. The number of aromatic nitrogens is 3. The van der Waals surface area contributed by atoms with Gasteiger partial charge in [0.05, 0.1) is 24.9 Å². The van der Waals surface area contributed by atoms with Gasteiger partial charge in [0.25, 0.3) is 0 Å². The van der Waals surface area contributed by atoms with Crippen LogP contribution >= 0.6 is 0 Å². The van der Waals surface area contributed by atoms with Crippen molar-refractivity contribution < 1.29 is 13.9 Å². The number of nitrogens with one attached hydrogen (secondary N) is 1. The number of aryl methyl sites for hydroxylation is 1. The predicted octanol–water partition coefficient (Wildman–Crippen LogP) is 2.89. The zero-order chi connectivity index (χ0) is 19.4. The molecule has 0 radical (unpaired) electrons. The number of rotatable bonds is 6. The van der Waals surface area contributed by atoms with Gasteiger partial charge >= 0.3 is 0 Å². The van der Waals surface area contributed by atoms with Crippen LogP contribution < -0.4 is 10.1 Å². The summed E-state index contributed by atoms with van der Waals surface area (Å²) in [7, 11) is 1.55. The lowest BCUT2D eigenvalue weighted by molar-refractivity contribution is -0.120. The van der Waals surface area contributed by atoms with E-state index in [1.165, 1.54) is 12.1 Å². The van der Waals surface area contributed by atoms with Gasteiger partial charge in [-0.1, -0.05) is 6.07 Å². The van der Waals surface area contributed by atoms with Crippen molar-refractivity contribution >= 4 is 5.91 Å². The fraction of sp³-hybridized carbons (Fsp3) is 0.250. The summed E-state index contributed by atoms with van der Waals surface area (Å²) in [6, 6.07) is 9.75. The standard InChI is InChI=1S/C20H21FN4O2/c1-13-18(14(2)25(24-13)17-8-6-16(21)7-9-17)11-19(26)23-12-15-5-4-10-22-20(15)27-3/h4-10H,11-12H2,1-3H3,(H,23,26). The number of hydrogen-bond acceptors (Lipinski definition) is 4. The molecule has 0 saturated heterocycles. The molecule has 2 heterocycles. The Balaban J connectivity index is 1.72. The first-order valence-corrected chi connectivity index (χ1v) is 8.55. The molecule has 0 aliphatic rings. The molecule has 3 aromatic rings. The quantitative estimate of drug-likeness (QED) is 0.726. The number of methoxy groups -OCH3 is 1. The molecule has 0 aliphatic heterocycles. The molecule has 0 unspecified atom stereocenters. The van der Waals surface area contributed by atoms with E-state index >= 15 is 0 Å². The van der Waals surface area contributed by atoms with Gasteiger partial charge in [-0.15, -0.1) is 0 Å². The van der Waals surface area contributed by atoms with Gasteiger partial charge < -0.3 is 10.1 Å². The molecule has 0 saturated carbocycles. The van der Waals surface area contributed by atoms with Crippen LogP contribution in [0.25, 0.3) is 5.69 Å². The van der Waals surface area contributed by atoms with Gasteiger partial charge in [-0.05, 0) is 44.2 Å². The Morgan fingerprint density at radius 2 is 1.96 bits per heavy atom. The highest BCUT2D eigenvalue weighted by Crippen LogP contribution is 2.19. The lowest BCUT2D eigenvalue weighted by Gasteiger charge is -2.09. The Hall–Kier alpha value is -3.22. The van der Waals surface area contributed by atoms with Crippen molar-refractivity contribution in [3.63, 3.8) is 0 Å². The number of benzene rings is 1. The second kappa shape index (κ2) is 7.99. The van der Waals surface area contributed by atoms with Crippen LogP contribution in [0, 0.1) is 19.7 Å². The number of carbonyl (C=O) groups is 1. The van der Waals surface area contributed by atoms with E-state index in [1.54, 1.807) is 36.2 Å². The summed E-state index contributed by atoms with van der Waals surface area (Å²) in [6.07, 6.45) is 1.85. The summed E-state index contributed by atoms with van der Waals surface area (Å²) in [5.74, 6) is 0.0748. The Labute approximate surface area is 157 Å². The van der Waals surface area contributed by atoms with Crippen molar-refractivity contribution in [3.8, 4) is 11.6 Å². The number of carbonyl (C=O) groups excluding carboxylic acids is 1. The second-order valence-electron chi connectivity index (χ2n) is 6.16. The minimum Gasteiger partial charge on any atom is -0.481 e. The molecule has 6 nitrogen and oxygen atoms in total. The first-order valence-electron chi connectivity index (χ1n) is 8.55. The predicted molar refractivity (Wildman–Crippen MR) is 99.3 cm³/mol. The summed E-state index contributed by atoms with van der Waals surface area (Å²) >= 11 is 0. The summed E-state index contributed by atoms with van der Waals surface area (Å²) in [5, 5.41) is 7.38. The second-order valence-corrected chi connectivity index (χ2v) is 6.16. The highest BCUT2D eigenvalue weighted by Gasteiger charge is 2.16. The molecule has 27 heavy (non-hydrogen) atoms. The topological polar surface area (TPSA) is 69.0 Å². The first-order chi connectivity index (χ1) is 13.0. The fourth-order valence-corrected chi connectivity index (χ4v) is 2.92. The van der Waals surface area contributed by atoms with Crippen LogP contribution in [0.15, 0.2) is 42.6 Å². The maximum atomic E-state index is 13.1. The molecule has 0 bridgehead atoms. The average molecular weight is 368 g/mol. The van der Waals surface area contributed by atoms with Crippen molar-refractivity contribution in [2.24, 2.45) is 0 Å². The third-order valence-corrected chi connectivity index (χ3v) is 4.37. The maximum absolute atomic E-state index is 13.1. The molecule has 140 valence electrons. The van der Waals surface area contributed by atoms with Gasteiger partial charge in [0.1, 0.15) is 5.82 Å². The van der Waals surface area contributed by atoms with Crippen LogP contribution in [-0.4, -0.2) is 27.8 Å². The third kappa shape index (κ3) is 4.13. The van der Waals surface area contributed by atoms with E-state index in [2.05, 4.69) is 15.4 Å². The van der Waals surface area contributed by atoms with Crippen molar-refractivity contribution in [1.82, 2.24) is 20.1 Å². The largest absolute Gasteiger partial charge is 0.481 e. The van der Waals surface area contributed by atoms with Gasteiger partial charge in [0.2, 0.25) is 11.8 Å². The van der Waals surface area contributed by atoms with E-state index in [4.69, 9.17) is 4.74 Å². The third-order valence-electron chi connectivity index (χ3n) is 4.37. The number of ether oxygens (including phenoxy) is 1. The molecule has 0 spiro atoms. The SMILES string of the molecule is COc1ncccc1CNC(=O)Cc1c(C)nn(-c2ccc(F)cc2)c1C. The maximum Gasteiger partial charge on any atom is 0.224 e. The Bertz CT molecular complexity index is 951. The Kier molecular flexibility index (Phi) is 5.49. The summed E-state index contributed by atoms with van der Waals surface area (Å²) in [4.78, 5) is 16.5. The monoisotopic (exact) mass is 368 g/mol. The Morgan fingerprint density at radius 3 is 2.67 bits per heavy atom.